The second kappa shape index (κ2) is 17.6. The Bertz CT molecular complexity index is 2350. The number of methoxy groups -OCH3 is 1. The van der Waals surface area contributed by atoms with E-state index in [0.29, 0.717) is 21.8 Å². The first kappa shape index (κ1) is 43.2. The van der Waals surface area contributed by atoms with Gasteiger partial charge in [-0.25, -0.2) is 19.4 Å². The molecule has 15 nitrogen and oxygen atoms in total. The molecule has 2 unspecified atom stereocenters. The molecule has 1 aromatic heterocycles. The number of hydrogen-bond acceptors (Lipinski definition) is 14. The summed E-state index contributed by atoms with van der Waals surface area (Å²) in [6.07, 6.45) is -0.718. The summed E-state index contributed by atoms with van der Waals surface area (Å²) in [5.41, 5.74) is -0.0226. The smallest absolute Gasteiger partial charge is 0.413 e. The van der Waals surface area contributed by atoms with Crippen LogP contribution in [-0.4, -0.2) is 81.6 Å². The molecule has 7 rings (SSSR count). The van der Waals surface area contributed by atoms with Gasteiger partial charge in [-0.05, 0) is 69.0 Å². The number of ether oxygens (including phenoxy) is 4. The van der Waals surface area contributed by atoms with Crippen molar-refractivity contribution in [2.75, 3.05) is 23.2 Å². The Balaban J connectivity index is 1.16. The zero-order valence-corrected chi connectivity index (χ0v) is 36.3. The van der Waals surface area contributed by atoms with Gasteiger partial charge in [0.2, 0.25) is 5.60 Å². The van der Waals surface area contributed by atoms with Gasteiger partial charge in [0.15, 0.2) is 17.1 Å². The maximum atomic E-state index is 14.3. The number of carbonyl (C=O) groups excluding carboxylic acids is 5. The molecule has 3 aliphatic heterocycles. The van der Waals surface area contributed by atoms with Crippen LogP contribution in [0.15, 0.2) is 101 Å². The minimum absolute atomic E-state index is 0.0321. The van der Waals surface area contributed by atoms with Crippen LogP contribution in [0.2, 0.25) is 0 Å². The number of thioether (sulfide) groups is 1. The molecule has 3 atom stereocenters. The number of fused-ring (bicyclic) bond motifs is 3. The third-order valence-corrected chi connectivity index (χ3v) is 12.6. The number of β-lactam (4-membered cyclic amide) rings is 1. The SMILES string of the molecule is COc1ccc(COC(=O)C2=C(CCl)C3S[C@H]4C(C(=O)N24)N(C(=O)C=NOC(C)(C)C(=O)OC(c2ccccc2)c2ccccc2)c2nc(NC(=O)OC(C)(C)C)sc23)cc1. The summed E-state index contributed by atoms with van der Waals surface area (Å²) < 4.78 is 22.4. The van der Waals surface area contributed by atoms with Crippen LogP contribution in [0.1, 0.15) is 67.5 Å². The van der Waals surface area contributed by atoms with Gasteiger partial charge in [0, 0.05) is 5.88 Å². The second-order valence-electron chi connectivity index (χ2n) is 15.5. The third-order valence-electron chi connectivity index (χ3n) is 9.61. The standard InChI is InChI=1S/C43H42ClN5O10S2/c1-42(2,3)58-41(54)47-40-46-35-34(61-40)33-28(21-44)30(38(52)56-23-24-17-19-27(55-6)20-18-24)49-36(51)31(37(49)60-33)48(35)29(50)22-45-59-43(4,5)39(53)57-32(25-13-9-7-10-14-25)26-15-11-8-12-16-26/h7-20,22,31-33,37H,21,23H2,1-6H3,(H,46,47,54)/t31?,33?,37-/m0/s1. The molecule has 1 saturated heterocycles. The fraction of sp³-hybridized carbons (Fsp3) is 0.326. The Hall–Kier alpha value is -5.91. The summed E-state index contributed by atoms with van der Waals surface area (Å²) in [6.45, 7) is 7.91. The summed E-state index contributed by atoms with van der Waals surface area (Å²) >= 11 is 8.91. The number of esters is 2. The van der Waals surface area contributed by atoms with Crippen LogP contribution in [0, 0.1) is 0 Å². The van der Waals surface area contributed by atoms with Gasteiger partial charge in [-0.1, -0.05) is 89.3 Å². The lowest BCUT2D eigenvalue weighted by Gasteiger charge is -2.51. The fourth-order valence-corrected chi connectivity index (χ4v) is 9.93. The predicted molar refractivity (Wildman–Crippen MR) is 229 cm³/mol. The summed E-state index contributed by atoms with van der Waals surface area (Å²) in [5, 5.41) is 5.16. The van der Waals surface area contributed by atoms with Crippen LogP contribution in [0.4, 0.5) is 15.7 Å². The largest absolute Gasteiger partial charge is 0.497 e. The Morgan fingerprint density at radius 1 is 0.951 bits per heavy atom. The van der Waals surface area contributed by atoms with E-state index in [2.05, 4.69) is 15.5 Å². The van der Waals surface area contributed by atoms with Crippen molar-refractivity contribution in [1.29, 1.82) is 0 Å². The van der Waals surface area contributed by atoms with E-state index in [1.807, 2.05) is 60.7 Å². The van der Waals surface area contributed by atoms with E-state index < -0.39 is 63.8 Å². The first-order chi connectivity index (χ1) is 29.1. The van der Waals surface area contributed by atoms with Gasteiger partial charge in [-0.2, -0.15) is 0 Å². The highest BCUT2D eigenvalue weighted by Crippen LogP contribution is 2.59. The molecular formula is C43H42ClN5O10S2. The van der Waals surface area contributed by atoms with E-state index in [-0.39, 0.29) is 29.1 Å². The molecule has 4 heterocycles. The maximum absolute atomic E-state index is 14.3. The number of anilines is 2. The van der Waals surface area contributed by atoms with Crippen molar-refractivity contribution in [3.63, 3.8) is 0 Å². The van der Waals surface area contributed by atoms with Gasteiger partial charge in [0.25, 0.3) is 11.8 Å². The Kier molecular flexibility index (Phi) is 12.5. The van der Waals surface area contributed by atoms with Crippen molar-refractivity contribution in [2.24, 2.45) is 5.16 Å². The molecule has 0 aliphatic carbocycles. The van der Waals surface area contributed by atoms with Crippen molar-refractivity contribution < 1.29 is 47.8 Å². The molecule has 3 aromatic carbocycles. The lowest BCUT2D eigenvalue weighted by Crippen LogP contribution is -2.71. The summed E-state index contributed by atoms with van der Waals surface area (Å²) in [4.78, 5) is 82.0. The fourth-order valence-electron chi connectivity index (χ4n) is 6.70. The van der Waals surface area contributed by atoms with E-state index in [1.165, 1.54) is 30.5 Å². The van der Waals surface area contributed by atoms with Crippen molar-refractivity contribution in [3.8, 4) is 5.75 Å². The molecule has 18 heteroatoms. The summed E-state index contributed by atoms with van der Waals surface area (Å²) in [5.74, 6) is -2.48. The minimum Gasteiger partial charge on any atom is -0.497 e. The number of nitrogens with one attached hydrogen (secondary N) is 1. The molecule has 61 heavy (non-hydrogen) atoms. The summed E-state index contributed by atoms with van der Waals surface area (Å²) in [6, 6.07) is 24.2. The lowest BCUT2D eigenvalue weighted by molar-refractivity contribution is -0.172. The number of amides is 3. The van der Waals surface area contributed by atoms with E-state index >= 15 is 0 Å². The topological polar surface area (TPSA) is 175 Å². The number of aromatic nitrogens is 1. The van der Waals surface area contributed by atoms with Crippen LogP contribution < -0.4 is 15.0 Å². The van der Waals surface area contributed by atoms with Crippen LogP contribution in [0.25, 0.3) is 0 Å². The van der Waals surface area contributed by atoms with Crippen LogP contribution in [-0.2, 0) is 44.8 Å². The molecule has 0 saturated carbocycles. The first-order valence-corrected chi connectivity index (χ1v) is 21.3. The van der Waals surface area contributed by atoms with Gasteiger partial charge in [-0.3, -0.25) is 24.7 Å². The molecule has 1 fully saturated rings. The molecule has 1 N–H and O–H groups in total. The van der Waals surface area contributed by atoms with E-state index in [4.69, 9.17) is 35.4 Å². The minimum atomic E-state index is -1.68. The van der Waals surface area contributed by atoms with Crippen LogP contribution in [0.5, 0.6) is 5.75 Å². The van der Waals surface area contributed by atoms with Crippen molar-refractivity contribution in [3.05, 3.63) is 118 Å². The van der Waals surface area contributed by atoms with E-state index in [9.17, 15) is 24.0 Å². The van der Waals surface area contributed by atoms with Crippen LogP contribution in [0.3, 0.4) is 0 Å². The molecule has 0 radical (unpaired) electrons. The summed E-state index contributed by atoms with van der Waals surface area (Å²) in [7, 11) is 1.54. The highest BCUT2D eigenvalue weighted by Gasteiger charge is 2.62. The molecule has 2 bridgehead atoms. The zero-order valence-electron chi connectivity index (χ0n) is 33.9. The average Bonchev–Trinajstić information content (AvgIpc) is 3.62. The maximum Gasteiger partial charge on any atom is 0.413 e. The highest BCUT2D eigenvalue weighted by molar-refractivity contribution is 8.00. The number of halogens is 1. The van der Waals surface area contributed by atoms with Crippen molar-refractivity contribution >= 4 is 81.7 Å². The normalized spacial score (nSPS) is 18.2. The molecule has 4 aromatic rings. The van der Waals surface area contributed by atoms with Gasteiger partial charge >= 0.3 is 18.0 Å². The number of hydrogen-bond donors (Lipinski definition) is 1. The van der Waals surface area contributed by atoms with Gasteiger partial charge in [0.1, 0.15) is 41.3 Å². The predicted octanol–water partition coefficient (Wildman–Crippen LogP) is 7.52. The average molecular weight is 888 g/mol. The first-order valence-electron chi connectivity index (χ1n) is 19.0. The monoisotopic (exact) mass is 887 g/mol. The third kappa shape index (κ3) is 9.09. The molecule has 318 valence electrons. The number of nitrogens with zero attached hydrogens (tertiary/aromatic N) is 4. The number of alkyl halides is 1. The second-order valence-corrected chi connectivity index (χ2v) is 18.0. The lowest BCUT2D eigenvalue weighted by atomic mass is 10.0. The van der Waals surface area contributed by atoms with Gasteiger partial charge < -0.3 is 23.8 Å². The van der Waals surface area contributed by atoms with Gasteiger partial charge in [-0.15, -0.1) is 23.4 Å². The van der Waals surface area contributed by atoms with Crippen molar-refractivity contribution in [1.82, 2.24) is 9.88 Å². The Morgan fingerprint density at radius 3 is 2.18 bits per heavy atom. The molecule has 3 aliphatic rings. The Labute approximate surface area is 365 Å². The quantitative estimate of drug-likeness (QED) is 0.0350. The molecule has 0 spiro atoms. The Morgan fingerprint density at radius 2 is 1.59 bits per heavy atom. The van der Waals surface area contributed by atoms with Crippen molar-refractivity contribution in [2.45, 2.75) is 75.2 Å². The number of carbonyl (C=O) groups is 5. The highest BCUT2D eigenvalue weighted by atomic mass is 35.5. The number of benzene rings is 3. The number of thiazole rings is 1. The van der Waals surface area contributed by atoms with Gasteiger partial charge in [0.05, 0.1) is 17.2 Å². The number of oxime groups is 1. The molecular weight excluding hydrogens is 846 g/mol. The van der Waals surface area contributed by atoms with E-state index in [1.54, 1.807) is 52.1 Å². The molecule has 3 amide bonds. The van der Waals surface area contributed by atoms with Crippen LogP contribution >= 0.6 is 34.7 Å². The zero-order chi connectivity index (χ0) is 43.6. The van der Waals surface area contributed by atoms with E-state index in [0.717, 1.165) is 33.6 Å². The number of rotatable bonds is 13.